The number of halogens is 1. The van der Waals surface area contributed by atoms with Crippen LogP contribution in [-0.4, -0.2) is 23.0 Å². The molecular formula is C15H18FNO3. The third-order valence-electron chi connectivity index (χ3n) is 3.66. The number of hydrogen-bond donors (Lipinski definition) is 2. The lowest BCUT2D eigenvalue weighted by molar-refractivity contribution is -0.143. The van der Waals surface area contributed by atoms with Crippen molar-refractivity contribution in [3.8, 4) is 0 Å². The molecule has 1 aromatic rings. The summed E-state index contributed by atoms with van der Waals surface area (Å²) in [6.45, 7) is 3.51. The zero-order valence-corrected chi connectivity index (χ0v) is 11.5. The first-order valence-corrected chi connectivity index (χ1v) is 6.68. The van der Waals surface area contributed by atoms with Gasteiger partial charge in [-0.2, -0.15) is 0 Å². The fourth-order valence-electron chi connectivity index (χ4n) is 2.34. The van der Waals surface area contributed by atoms with E-state index in [2.05, 4.69) is 5.32 Å². The third kappa shape index (κ3) is 3.15. The maximum atomic E-state index is 12.8. The van der Waals surface area contributed by atoms with Crippen LogP contribution in [0.3, 0.4) is 0 Å². The first-order valence-electron chi connectivity index (χ1n) is 6.68. The lowest BCUT2D eigenvalue weighted by atomic mass is 10.0. The number of amides is 1. The van der Waals surface area contributed by atoms with E-state index in [4.69, 9.17) is 5.11 Å². The van der Waals surface area contributed by atoms with Crippen molar-refractivity contribution in [3.05, 3.63) is 35.6 Å². The smallest absolute Gasteiger partial charge is 0.326 e. The Hall–Kier alpha value is -1.91. The zero-order valence-electron chi connectivity index (χ0n) is 11.5. The summed E-state index contributed by atoms with van der Waals surface area (Å²) in [6, 6.07) is 5.22. The summed E-state index contributed by atoms with van der Waals surface area (Å²) in [5.41, 5.74) is 0.919. The molecule has 2 unspecified atom stereocenters. The molecule has 0 saturated heterocycles. The summed E-state index contributed by atoms with van der Waals surface area (Å²) >= 11 is 0. The lowest BCUT2D eigenvalue weighted by Crippen LogP contribution is -2.45. The molecule has 2 rings (SSSR count). The van der Waals surface area contributed by atoms with Crippen LogP contribution in [0, 0.1) is 17.7 Å². The molecule has 1 aliphatic carbocycles. The molecule has 4 nitrogen and oxygen atoms in total. The molecule has 5 heteroatoms. The molecule has 1 amide bonds. The fraction of sp³-hybridized carbons (Fsp3) is 0.467. The van der Waals surface area contributed by atoms with Crippen molar-refractivity contribution in [2.24, 2.45) is 11.8 Å². The number of hydrogen-bond acceptors (Lipinski definition) is 2. The Balaban J connectivity index is 1.96. The number of carboxylic acids is 1. The van der Waals surface area contributed by atoms with Gasteiger partial charge in [0, 0.05) is 5.92 Å². The Labute approximate surface area is 117 Å². The summed E-state index contributed by atoms with van der Waals surface area (Å²) < 4.78 is 12.8. The highest BCUT2D eigenvalue weighted by atomic mass is 19.1. The van der Waals surface area contributed by atoms with Crippen molar-refractivity contribution < 1.29 is 19.1 Å². The SMILES string of the molecule is CC(C)[C@H](NC(=O)C1CC1c1ccc(F)cc1)C(=O)O. The Kier molecular flexibility index (Phi) is 4.06. The van der Waals surface area contributed by atoms with Crippen LogP contribution in [0.5, 0.6) is 0 Å². The van der Waals surface area contributed by atoms with Crippen molar-refractivity contribution in [1.82, 2.24) is 5.32 Å². The summed E-state index contributed by atoms with van der Waals surface area (Å²) in [7, 11) is 0. The monoisotopic (exact) mass is 279 g/mol. The minimum atomic E-state index is -1.02. The first-order chi connectivity index (χ1) is 9.40. The molecule has 20 heavy (non-hydrogen) atoms. The number of aliphatic carboxylic acids is 1. The van der Waals surface area contributed by atoms with Crippen molar-refractivity contribution in [2.75, 3.05) is 0 Å². The van der Waals surface area contributed by atoms with E-state index < -0.39 is 12.0 Å². The number of rotatable bonds is 5. The zero-order chi connectivity index (χ0) is 14.9. The van der Waals surface area contributed by atoms with Crippen LogP contribution < -0.4 is 5.32 Å². The highest BCUT2D eigenvalue weighted by molar-refractivity contribution is 5.87. The molecule has 0 aromatic heterocycles. The van der Waals surface area contributed by atoms with E-state index in [1.165, 1.54) is 12.1 Å². The van der Waals surface area contributed by atoms with Crippen LogP contribution >= 0.6 is 0 Å². The van der Waals surface area contributed by atoms with Gasteiger partial charge < -0.3 is 10.4 Å². The van der Waals surface area contributed by atoms with Gasteiger partial charge in [0.2, 0.25) is 5.91 Å². The van der Waals surface area contributed by atoms with E-state index in [0.717, 1.165) is 5.56 Å². The average Bonchev–Trinajstić information content (AvgIpc) is 3.16. The molecule has 1 fully saturated rings. The molecular weight excluding hydrogens is 261 g/mol. The molecule has 0 bridgehead atoms. The van der Waals surface area contributed by atoms with E-state index >= 15 is 0 Å². The molecule has 108 valence electrons. The molecule has 0 radical (unpaired) electrons. The van der Waals surface area contributed by atoms with Gasteiger partial charge in [-0.05, 0) is 36.0 Å². The molecule has 2 N–H and O–H groups in total. The lowest BCUT2D eigenvalue weighted by Gasteiger charge is -2.17. The highest BCUT2D eigenvalue weighted by Gasteiger charge is 2.45. The fourth-order valence-corrected chi connectivity index (χ4v) is 2.34. The van der Waals surface area contributed by atoms with Gasteiger partial charge in [-0.15, -0.1) is 0 Å². The van der Waals surface area contributed by atoms with Gasteiger partial charge in [0.15, 0.2) is 0 Å². The first kappa shape index (κ1) is 14.5. The van der Waals surface area contributed by atoms with Gasteiger partial charge in [0.1, 0.15) is 11.9 Å². The van der Waals surface area contributed by atoms with E-state index in [1.54, 1.807) is 26.0 Å². The topological polar surface area (TPSA) is 66.4 Å². The predicted octanol–water partition coefficient (Wildman–Crippen LogP) is 2.15. The number of carboxylic acid groups (broad SMARTS) is 1. The molecule has 3 atom stereocenters. The van der Waals surface area contributed by atoms with Crippen molar-refractivity contribution in [2.45, 2.75) is 32.2 Å². The summed E-state index contributed by atoms with van der Waals surface area (Å²) in [4.78, 5) is 23.1. The van der Waals surface area contributed by atoms with Crippen molar-refractivity contribution in [1.29, 1.82) is 0 Å². The van der Waals surface area contributed by atoms with Crippen LogP contribution in [0.2, 0.25) is 0 Å². The Morgan fingerprint density at radius 1 is 1.30 bits per heavy atom. The van der Waals surface area contributed by atoms with Crippen LogP contribution in [0.25, 0.3) is 0 Å². The second-order valence-corrected chi connectivity index (χ2v) is 5.57. The molecule has 1 saturated carbocycles. The van der Waals surface area contributed by atoms with Gasteiger partial charge in [0.05, 0.1) is 0 Å². The second-order valence-electron chi connectivity index (χ2n) is 5.57. The third-order valence-corrected chi connectivity index (χ3v) is 3.66. The Bertz CT molecular complexity index is 512. The standard InChI is InChI=1S/C15H18FNO3/c1-8(2)13(15(19)20)17-14(18)12-7-11(12)9-3-5-10(16)6-4-9/h3-6,8,11-13H,7H2,1-2H3,(H,17,18)(H,19,20)/t11?,12?,13-/m0/s1. The van der Waals surface area contributed by atoms with E-state index in [0.29, 0.717) is 6.42 Å². The van der Waals surface area contributed by atoms with Crippen LogP contribution in [0.15, 0.2) is 24.3 Å². The normalized spacial score (nSPS) is 22.4. The largest absolute Gasteiger partial charge is 0.480 e. The van der Waals surface area contributed by atoms with Crippen LogP contribution in [-0.2, 0) is 9.59 Å². The summed E-state index contributed by atoms with van der Waals surface area (Å²) in [5.74, 6) is -1.87. The molecule has 0 aliphatic heterocycles. The van der Waals surface area contributed by atoms with E-state index in [9.17, 15) is 14.0 Å². The number of nitrogens with one attached hydrogen (secondary N) is 1. The maximum absolute atomic E-state index is 12.8. The minimum Gasteiger partial charge on any atom is -0.480 e. The van der Waals surface area contributed by atoms with E-state index in [-0.39, 0.29) is 29.5 Å². The number of benzene rings is 1. The van der Waals surface area contributed by atoms with Gasteiger partial charge in [-0.25, -0.2) is 9.18 Å². The van der Waals surface area contributed by atoms with Crippen LogP contribution in [0.4, 0.5) is 4.39 Å². The average molecular weight is 279 g/mol. The summed E-state index contributed by atoms with van der Waals surface area (Å²) in [6.07, 6.45) is 0.682. The van der Waals surface area contributed by atoms with Gasteiger partial charge >= 0.3 is 5.97 Å². The quantitative estimate of drug-likeness (QED) is 0.868. The van der Waals surface area contributed by atoms with Crippen molar-refractivity contribution in [3.63, 3.8) is 0 Å². The molecule has 1 aliphatic rings. The maximum Gasteiger partial charge on any atom is 0.326 e. The van der Waals surface area contributed by atoms with Crippen LogP contribution in [0.1, 0.15) is 31.7 Å². The second kappa shape index (κ2) is 5.61. The Morgan fingerprint density at radius 2 is 1.90 bits per heavy atom. The predicted molar refractivity (Wildman–Crippen MR) is 71.7 cm³/mol. The number of carbonyl (C=O) groups is 2. The summed E-state index contributed by atoms with van der Waals surface area (Å²) in [5, 5.41) is 11.6. The number of carbonyl (C=O) groups excluding carboxylic acids is 1. The molecule has 0 spiro atoms. The highest BCUT2D eigenvalue weighted by Crippen LogP contribution is 2.47. The van der Waals surface area contributed by atoms with Gasteiger partial charge in [-0.1, -0.05) is 26.0 Å². The molecule has 1 aromatic carbocycles. The molecule has 0 heterocycles. The van der Waals surface area contributed by atoms with Gasteiger partial charge in [-0.3, -0.25) is 4.79 Å². The van der Waals surface area contributed by atoms with Crippen molar-refractivity contribution >= 4 is 11.9 Å². The van der Waals surface area contributed by atoms with Gasteiger partial charge in [0.25, 0.3) is 0 Å². The van der Waals surface area contributed by atoms with E-state index in [1.807, 2.05) is 0 Å². The minimum absolute atomic E-state index is 0.0669. The Morgan fingerprint density at radius 3 is 2.40 bits per heavy atom.